The number of rotatable bonds is 2. The SMILES string of the molecule is O=C(O)c1cc([N+](=O)[O-])c(Cl)cc1Cl.[NaH]. The van der Waals surface area contributed by atoms with Gasteiger partial charge in [0.2, 0.25) is 0 Å². The van der Waals surface area contributed by atoms with E-state index in [0.29, 0.717) is 0 Å². The van der Waals surface area contributed by atoms with E-state index in [1.165, 1.54) is 0 Å². The summed E-state index contributed by atoms with van der Waals surface area (Å²) >= 11 is 11.0. The fraction of sp³-hybridized carbons (Fsp3) is 0. The van der Waals surface area contributed by atoms with Gasteiger partial charge in [-0.05, 0) is 6.07 Å². The molecular formula is C7H4Cl2NNaO4. The van der Waals surface area contributed by atoms with Gasteiger partial charge >= 0.3 is 35.5 Å². The van der Waals surface area contributed by atoms with E-state index < -0.39 is 16.6 Å². The Labute approximate surface area is 116 Å². The van der Waals surface area contributed by atoms with Crippen LogP contribution in [-0.2, 0) is 0 Å². The maximum atomic E-state index is 10.6. The fourth-order valence-electron chi connectivity index (χ4n) is 0.841. The quantitative estimate of drug-likeness (QED) is 0.500. The van der Waals surface area contributed by atoms with Crippen LogP contribution in [0.25, 0.3) is 0 Å². The van der Waals surface area contributed by atoms with E-state index in [2.05, 4.69) is 0 Å². The van der Waals surface area contributed by atoms with Crippen LogP contribution in [0, 0.1) is 10.1 Å². The van der Waals surface area contributed by atoms with Gasteiger partial charge in [-0.1, -0.05) is 23.2 Å². The monoisotopic (exact) mass is 259 g/mol. The third-order valence-electron chi connectivity index (χ3n) is 1.46. The van der Waals surface area contributed by atoms with Gasteiger partial charge in [0.15, 0.2) is 0 Å². The summed E-state index contributed by atoms with van der Waals surface area (Å²) in [5.74, 6) is -1.34. The summed E-state index contributed by atoms with van der Waals surface area (Å²) in [6, 6.07) is 1.86. The normalized spacial score (nSPS) is 9.20. The van der Waals surface area contributed by atoms with Crippen LogP contribution in [0.5, 0.6) is 0 Å². The molecule has 0 fully saturated rings. The molecule has 0 aliphatic heterocycles. The molecule has 0 aromatic heterocycles. The van der Waals surface area contributed by atoms with Crippen LogP contribution in [0.1, 0.15) is 10.4 Å². The molecule has 0 unspecified atom stereocenters. The zero-order valence-electron chi connectivity index (χ0n) is 6.53. The zero-order chi connectivity index (χ0) is 10.9. The van der Waals surface area contributed by atoms with E-state index in [1.54, 1.807) is 0 Å². The molecule has 8 heteroatoms. The van der Waals surface area contributed by atoms with E-state index in [1.807, 2.05) is 0 Å². The van der Waals surface area contributed by atoms with Gasteiger partial charge in [-0.15, -0.1) is 0 Å². The number of halogens is 2. The number of hydrogen-bond acceptors (Lipinski definition) is 3. The molecule has 1 aromatic rings. The number of nitrogens with zero attached hydrogens (tertiary/aromatic N) is 1. The number of hydrogen-bond donors (Lipinski definition) is 1. The number of aromatic carboxylic acids is 1. The van der Waals surface area contributed by atoms with Crippen molar-refractivity contribution in [2.45, 2.75) is 0 Å². The van der Waals surface area contributed by atoms with Gasteiger partial charge in [-0.25, -0.2) is 4.79 Å². The molecule has 0 saturated heterocycles. The van der Waals surface area contributed by atoms with Gasteiger partial charge in [-0.2, -0.15) is 0 Å². The number of nitro benzene ring substituents is 1. The van der Waals surface area contributed by atoms with Crippen molar-refractivity contribution in [2.75, 3.05) is 0 Å². The topological polar surface area (TPSA) is 80.4 Å². The van der Waals surface area contributed by atoms with Crippen molar-refractivity contribution >= 4 is 64.4 Å². The molecule has 5 nitrogen and oxygen atoms in total. The van der Waals surface area contributed by atoms with Crippen LogP contribution >= 0.6 is 23.2 Å². The van der Waals surface area contributed by atoms with Crippen molar-refractivity contribution in [3.8, 4) is 0 Å². The third-order valence-corrected chi connectivity index (χ3v) is 2.08. The Kier molecular flexibility index (Phi) is 5.55. The summed E-state index contributed by atoms with van der Waals surface area (Å²) in [4.78, 5) is 20.2. The Morgan fingerprint density at radius 1 is 1.33 bits per heavy atom. The van der Waals surface area contributed by atoms with Gasteiger partial charge in [0.25, 0.3) is 5.69 Å². The molecule has 0 bridgehead atoms. The predicted octanol–water partition coefficient (Wildman–Crippen LogP) is 1.95. The molecule has 0 amide bonds. The van der Waals surface area contributed by atoms with Crippen molar-refractivity contribution < 1.29 is 14.8 Å². The van der Waals surface area contributed by atoms with E-state index in [0.717, 1.165) is 12.1 Å². The summed E-state index contributed by atoms with van der Waals surface area (Å²) in [5.41, 5.74) is -0.823. The number of benzene rings is 1. The molecule has 0 aliphatic rings. The summed E-state index contributed by atoms with van der Waals surface area (Å²) in [5, 5.41) is 18.7. The predicted molar refractivity (Wildman–Crippen MR) is 57.2 cm³/mol. The van der Waals surface area contributed by atoms with E-state index in [4.69, 9.17) is 28.3 Å². The molecule has 76 valence electrons. The zero-order valence-corrected chi connectivity index (χ0v) is 8.04. The Morgan fingerprint density at radius 2 is 1.87 bits per heavy atom. The van der Waals surface area contributed by atoms with E-state index in [-0.39, 0.29) is 45.2 Å². The van der Waals surface area contributed by atoms with Crippen LogP contribution in [0.15, 0.2) is 12.1 Å². The molecule has 0 heterocycles. The second-order valence-corrected chi connectivity index (χ2v) is 3.16. The van der Waals surface area contributed by atoms with Crippen molar-refractivity contribution in [1.82, 2.24) is 0 Å². The average Bonchev–Trinajstić information content (AvgIpc) is 2.02. The second-order valence-electron chi connectivity index (χ2n) is 2.35. The Hall–Kier alpha value is -0.330. The van der Waals surface area contributed by atoms with Crippen molar-refractivity contribution in [3.63, 3.8) is 0 Å². The van der Waals surface area contributed by atoms with Gasteiger partial charge in [-0.3, -0.25) is 10.1 Å². The minimum absolute atomic E-state index is 0. The molecule has 0 saturated carbocycles. The first kappa shape index (κ1) is 14.7. The average molecular weight is 260 g/mol. The summed E-state index contributed by atoms with van der Waals surface area (Å²) < 4.78 is 0. The molecule has 0 atom stereocenters. The third kappa shape index (κ3) is 3.32. The first-order valence-corrected chi connectivity index (χ1v) is 4.06. The Bertz CT molecular complexity index is 388. The molecular weight excluding hydrogens is 256 g/mol. The van der Waals surface area contributed by atoms with E-state index >= 15 is 0 Å². The molecule has 1 N–H and O–H groups in total. The standard InChI is InChI=1S/C7H3Cl2NO4.Na.H/c8-4-2-5(9)6(10(13)14)1-3(4)7(11)12;;/h1-2H,(H,11,12);;. The minimum atomic E-state index is -1.34. The Morgan fingerprint density at radius 3 is 2.27 bits per heavy atom. The summed E-state index contributed by atoms with van der Waals surface area (Å²) in [6.07, 6.45) is 0. The van der Waals surface area contributed by atoms with Crippen molar-refractivity contribution in [1.29, 1.82) is 0 Å². The van der Waals surface area contributed by atoms with E-state index in [9.17, 15) is 14.9 Å². The van der Waals surface area contributed by atoms with Gasteiger partial charge in [0, 0.05) is 6.07 Å². The number of nitro groups is 1. The number of carboxylic acids is 1. The maximum absolute atomic E-state index is 10.6. The van der Waals surface area contributed by atoms with Gasteiger partial charge in [0.05, 0.1) is 15.5 Å². The molecule has 15 heavy (non-hydrogen) atoms. The Balaban J connectivity index is 0.00000196. The van der Waals surface area contributed by atoms with Crippen LogP contribution < -0.4 is 0 Å². The first-order chi connectivity index (χ1) is 6.43. The number of carbonyl (C=O) groups is 1. The van der Waals surface area contributed by atoms with Crippen LogP contribution in [-0.4, -0.2) is 45.6 Å². The molecule has 0 radical (unpaired) electrons. The molecule has 1 rings (SSSR count). The molecule has 1 aromatic carbocycles. The van der Waals surface area contributed by atoms with Crippen LogP contribution in [0.2, 0.25) is 10.0 Å². The van der Waals surface area contributed by atoms with Crippen LogP contribution in [0.4, 0.5) is 5.69 Å². The summed E-state index contributed by atoms with van der Waals surface area (Å²) in [6.45, 7) is 0. The summed E-state index contributed by atoms with van der Waals surface area (Å²) in [7, 11) is 0. The van der Waals surface area contributed by atoms with Crippen molar-refractivity contribution in [2.24, 2.45) is 0 Å². The molecule has 0 aliphatic carbocycles. The van der Waals surface area contributed by atoms with Gasteiger partial charge in [0.1, 0.15) is 5.02 Å². The van der Waals surface area contributed by atoms with Crippen LogP contribution in [0.3, 0.4) is 0 Å². The van der Waals surface area contributed by atoms with Gasteiger partial charge < -0.3 is 5.11 Å². The number of carboxylic acid groups (broad SMARTS) is 1. The fourth-order valence-corrected chi connectivity index (χ4v) is 1.37. The molecule has 0 spiro atoms. The first-order valence-electron chi connectivity index (χ1n) is 3.30. The van der Waals surface area contributed by atoms with Crippen molar-refractivity contribution in [3.05, 3.63) is 37.9 Å². The second kappa shape index (κ2) is 5.67.